The Morgan fingerprint density at radius 2 is 1.80 bits per heavy atom. The van der Waals surface area contributed by atoms with Gasteiger partial charge in [0, 0.05) is 13.0 Å². The van der Waals surface area contributed by atoms with Crippen LogP contribution in [0.5, 0.6) is 0 Å². The van der Waals surface area contributed by atoms with E-state index in [-0.39, 0.29) is 0 Å². The van der Waals surface area contributed by atoms with Gasteiger partial charge in [0.2, 0.25) is 0 Å². The molecule has 0 aliphatic rings. The standard InChI is InChI=1S/C13H24N2/c1-2-3-4-5-6-7-8-9-12-15-13-10-11-14/h5-6,15H,2-4,7-10,12-13H2,1H3/b6-5+. The van der Waals surface area contributed by atoms with Crippen molar-refractivity contribution in [2.75, 3.05) is 13.1 Å². The Balaban J connectivity index is 2.98. The van der Waals surface area contributed by atoms with E-state index in [1.807, 2.05) is 0 Å². The first kappa shape index (κ1) is 14.2. The second-order valence-corrected chi connectivity index (χ2v) is 3.77. The summed E-state index contributed by atoms with van der Waals surface area (Å²) in [5.74, 6) is 0. The van der Waals surface area contributed by atoms with Crippen LogP contribution < -0.4 is 5.32 Å². The van der Waals surface area contributed by atoms with Gasteiger partial charge in [0.15, 0.2) is 0 Å². The molecule has 0 radical (unpaired) electrons. The average Bonchev–Trinajstić information content (AvgIpc) is 2.26. The highest BCUT2D eigenvalue weighted by molar-refractivity contribution is 4.81. The lowest BCUT2D eigenvalue weighted by Crippen LogP contribution is -2.15. The van der Waals surface area contributed by atoms with Crippen molar-refractivity contribution in [3.8, 4) is 6.07 Å². The van der Waals surface area contributed by atoms with E-state index in [1.54, 1.807) is 0 Å². The minimum absolute atomic E-state index is 0.622. The number of unbranched alkanes of at least 4 members (excludes halogenated alkanes) is 4. The molecule has 15 heavy (non-hydrogen) atoms. The lowest BCUT2D eigenvalue weighted by atomic mass is 10.2. The van der Waals surface area contributed by atoms with E-state index < -0.39 is 0 Å². The van der Waals surface area contributed by atoms with Crippen molar-refractivity contribution in [2.24, 2.45) is 0 Å². The molecule has 0 spiro atoms. The monoisotopic (exact) mass is 208 g/mol. The third kappa shape index (κ3) is 13.2. The summed E-state index contributed by atoms with van der Waals surface area (Å²) in [5.41, 5.74) is 0. The summed E-state index contributed by atoms with van der Waals surface area (Å²) in [6.45, 7) is 4.11. The molecule has 0 aliphatic carbocycles. The molecule has 0 saturated carbocycles. The lowest BCUT2D eigenvalue weighted by molar-refractivity contribution is 0.632. The van der Waals surface area contributed by atoms with Gasteiger partial charge in [-0.2, -0.15) is 5.26 Å². The van der Waals surface area contributed by atoms with Crippen molar-refractivity contribution < 1.29 is 0 Å². The smallest absolute Gasteiger partial charge is 0.0635 e. The number of allylic oxidation sites excluding steroid dienone is 2. The van der Waals surface area contributed by atoms with Crippen molar-refractivity contribution in [1.82, 2.24) is 5.32 Å². The summed E-state index contributed by atoms with van der Waals surface area (Å²) < 4.78 is 0. The largest absolute Gasteiger partial charge is 0.316 e. The van der Waals surface area contributed by atoms with Crippen molar-refractivity contribution in [3.05, 3.63) is 12.2 Å². The number of hydrogen-bond donors (Lipinski definition) is 1. The molecule has 86 valence electrons. The predicted octanol–water partition coefficient (Wildman–Crippen LogP) is 3.41. The normalized spacial score (nSPS) is 10.7. The molecular formula is C13H24N2. The zero-order valence-electron chi connectivity index (χ0n) is 9.97. The molecule has 0 atom stereocenters. The summed E-state index contributed by atoms with van der Waals surface area (Å²) in [6.07, 6.45) is 12.7. The first-order chi connectivity index (χ1) is 7.41. The van der Waals surface area contributed by atoms with E-state index in [9.17, 15) is 0 Å². The van der Waals surface area contributed by atoms with Gasteiger partial charge < -0.3 is 5.32 Å². The lowest BCUT2D eigenvalue weighted by Gasteiger charge is -1.99. The quantitative estimate of drug-likeness (QED) is 0.441. The molecular weight excluding hydrogens is 184 g/mol. The highest BCUT2D eigenvalue weighted by Gasteiger charge is 1.87. The minimum atomic E-state index is 0.622. The molecule has 0 aromatic rings. The molecule has 0 rings (SSSR count). The highest BCUT2D eigenvalue weighted by Crippen LogP contribution is 1.99. The van der Waals surface area contributed by atoms with E-state index in [4.69, 9.17) is 5.26 Å². The summed E-state index contributed by atoms with van der Waals surface area (Å²) >= 11 is 0. The van der Waals surface area contributed by atoms with Gasteiger partial charge in [-0.25, -0.2) is 0 Å². The molecule has 0 saturated heterocycles. The molecule has 2 nitrogen and oxygen atoms in total. The first-order valence-corrected chi connectivity index (χ1v) is 6.14. The van der Waals surface area contributed by atoms with Crippen LogP contribution in [0.4, 0.5) is 0 Å². The Morgan fingerprint density at radius 3 is 2.47 bits per heavy atom. The third-order valence-corrected chi connectivity index (χ3v) is 2.28. The molecule has 0 aromatic carbocycles. The zero-order valence-corrected chi connectivity index (χ0v) is 9.97. The van der Waals surface area contributed by atoms with E-state index in [2.05, 4.69) is 30.5 Å². The van der Waals surface area contributed by atoms with Crippen LogP contribution in [0, 0.1) is 11.3 Å². The fraction of sp³-hybridized carbons (Fsp3) is 0.769. The number of nitriles is 1. The summed E-state index contributed by atoms with van der Waals surface area (Å²) in [7, 11) is 0. The molecule has 0 aromatic heterocycles. The Kier molecular flexibility index (Phi) is 12.5. The summed E-state index contributed by atoms with van der Waals surface area (Å²) in [5, 5.41) is 11.6. The first-order valence-electron chi connectivity index (χ1n) is 6.14. The predicted molar refractivity (Wildman–Crippen MR) is 65.6 cm³/mol. The third-order valence-electron chi connectivity index (χ3n) is 2.28. The van der Waals surface area contributed by atoms with Gasteiger partial charge >= 0.3 is 0 Å². The van der Waals surface area contributed by atoms with Crippen LogP contribution in [-0.4, -0.2) is 13.1 Å². The van der Waals surface area contributed by atoms with Crippen molar-refractivity contribution in [2.45, 2.75) is 51.9 Å². The number of nitrogens with zero attached hydrogens (tertiary/aromatic N) is 1. The number of rotatable bonds is 10. The van der Waals surface area contributed by atoms with E-state index >= 15 is 0 Å². The maximum atomic E-state index is 8.31. The Bertz CT molecular complexity index is 179. The molecule has 0 fully saturated rings. The second-order valence-electron chi connectivity index (χ2n) is 3.77. The van der Waals surface area contributed by atoms with Crippen LogP contribution in [0.15, 0.2) is 12.2 Å². The Labute approximate surface area is 94.4 Å². The van der Waals surface area contributed by atoms with Crippen molar-refractivity contribution >= 4 is 0 Å². The molecule has 0 heterocycles. The fourth-order valence-electron chi connectivity index (χ4n) is 1.34. The second kappa shape index (κ2) is 13.2. The SMILES string of the molecule is CCCC/C=C/CCCCNCCC#N. The molecule has 1 N–H and O–H groups in total. The molecule has 0 bridgehead atoms. The Morgan fingerprint density at radius 1 is 1.07 bits per heavy atom. The minimum Gasteiger partial charge on any atom is -0.316 e. The summed E-state index contributed by atoms with van der Waals surface area (Å²) in [4.78, 5) is 0. The van der Waals surface area contributed by atoms with Crippen molar-refractivity contribution in [1.29, 1.82) is 5.26 Å². The number of nitrogens with one attached hydrogen (secondary N) is 1. The van der Waals surface area contributed by atoms with Crippen LogP contribution in [0.25, 0.3) is 0 Å². The van der Waals surface area contributed by atoms with Gasteiger partial charge in [0.05, 0.1) is 6.07 Å². The molecule has 0 aliphatic heterocycles. The zero-order chi connectivity index (χ0) is 11.2. The van der Waals surface area contributed by atoms with Gasteiger partial charge in [-0.3, -0.25) is 0 Å². The highest BCUT2D eigenvalue weighted by atomic mass is 14.8. The van der Waals surface area contributed by atoms with Gasteiger partial charge in [-0.1, -0.05) is 31.9 Å². The topological polar surface area (TPSA) is 35.8 Å². The van der Waals surface area contributed by atoms with Crippen LogP contribution in [0.3, 0.4) is 0 Å². The van der Waals surface area contributed by atoms with E-state index in [1.165, 1.54) is 38.5 Å². The van der Waals surface area contributed by atoms with Crippen LogP contribution >= 0.6 is 0 Å². The van der Waals surface area contributed by atoms with E-state index in [0.717, 1.165) is 13.1 Å². The average molecular weight is 208 g/mol. The van der Waals surface area contributed by atoms with Crippen LogP contribution in [0.2, 0.25) is 0 Å². The maximum Gasteiger partial charge on any atom is 0.0635 e. The molecule has 0 unspecified atom stereocenters. The van der Waals surface area contributed by atoms with Gasteiger partial charge in [-0.05, 0) is 32.2 Å². The Hall–Kier alpha value is -0.810. The van der Waals surface area contributed by atoms with Gasteiger partial charge in [-0.15, -0.1) is 0 Å². The van der Waals surface area contributed by atoms with E-state index in [0.29, 0.717) is 6.42 Å². The van der Waals surface area contributed by atoms with Gasteiger partial charge in [0.1, 0.15) is 0 Å². The van der Waals surface area contributed by atoms with Crippen LogP contribution in [-0.2, 0) is 0 Å². The summed E-state index contributed by atoms with van der Waals surface area (Å²) in [6, 6.07) is 2.12. The fourth-order valence-corrected chi connectivity index (χ4v) is 1.34. The van der Waals surface area contributed by atoms with Gasteiger partial charge in [0.25, 0.3) is 0 Å². The number of hydrogen-bond acceptors (Lipinski definition) is 2. The van der Waals surface area contributed by atoms with Crippen molar-refractivity contribution in [3.63, 3.8) is 0 Å². The maximum absolute atomic E-state index is 8.31. The van der Waals surface area contributed by atoms with Crippen LogP contribution in [0.1, 0.15) is 51.9 Å². The molecule has 2 heteroatoms. The molecule has 0 amide bonds.